The number of alkyl halides is 3. The van der Waals surface area contributed by atoms with Crippen LogP contribution in [0.2, 0.25) is 0 Å². The molecule has 0 atom stereocenters. The first-order chi connectivity index (χ1) is 9.05. The first kappa shape index (κ1) is 12.0. The number of halogens is 3. The van der Waals surface area contributed by atoms with Gasteiger partial charge in [0.25, 0.3) is 0 Å². The van der Waals surface area contributed by atoms with Crippen LogP contribution in [-0.4, -0.2) is 17.8 Å². The molecule has 0 radical (unpaired) electrons. The van der Waals surface area contributed by atoms with Gasteiger partial charge in [0, 0.05) is 18.3 Å². The second-order valence-corrected chi connectivity index (χ2v) is 4.17. The third kappa shape index (κ3) is 2.15. The third-order valence-electron chi connectivity index (χ3n) is 2.93. The van der Waals surface area contributed by atoms with Crippen LogP contribution < -0.4 is 5.43 Å². The highest BCUT2D eigenvalue weighted by atomic mass is 19.4. The summed E-state index contributed by atoms with van der Waals surface area (Å²) in [6.45, 7) is 0.614. The lowest BCUT2D eigenvalue weighted by molar-refractivity contribution is -0.137. The first-order valence-corrected chi connectivity index (χ1v) is 5.71. The number of fused-ring (bicyclic) bond motifs is 1. The van der Waals surface area contributed by atoms with Crippen molar-refractivity contribution in [1.82, 2.24) is 10.4 Å². The van der Waals surface area contributed by atoms with Crippen LogP contribution in [-0.2, 0) is 6.18 Å². The van der Waals surface area contributed by atoms with E-state index in [2.05, 4.69) is 10.4 Å². The third-order valence-corrected chi connectivity index (χ3v) is 2.93. The molecule has 3 nitrogen and oxygen atoms in total. The van der Waals surface area contributed by atoms with E-state index >= 15 is 0 Å². The fourth-order valence-electron chi connectivity index (χ4n) is 2.06. The molecule has 2 aliphatic rings. The molecule has 1 aromatic rings. The Hall–Kier alpha value is -2.08. The summed E-state index contributed by atoms with van der Waals surface area (Å²) in [4.78, 5) is 4.14. The lowest BCUT2D eigenvalue weighted by Crippen LogP contribution is -2.31. The van der Waals surface area contributed by atoms with Gasteiger partial charge in [-0.15, -0.1) is 0 Å². The van der Waals surface area contributed by atoms with Gasteiger partial charge in [0.15, 0.2) is 0 Å². The number of hydrogen-bond acceptors (Lipinski definition) is 3. The van der Waals surface area contributed by atoms with Crippen LogP contribution >= 0.6 is 0 Å². The van der Waals surface area contributed by atoms with Gasteiger partial charge in [0.2, 0.25) is 0 Å². The van der Waals surface area contributed by atoms with Crippen molar-refractivity contribution in [3.8, 4) is 0 Å². The summed E-state index contributed by atoms with van der Waals surface area (Å²) in [5, 5.41) is 1.69. The number of nitrogens with zero attached hydrogens (tertiary/aromatic N) is 2. The zero-order valence-electron chi connectivity index (χ0n) is 9.78. The molecule has 19 heavy (non-hydrogen) atoms. The average Bonchev–Trinajstić information content (AvgIpc) is 2.86. The number of allylic oxidation sites excluding steroid dienone is 1. The zero-order chi connectivity index (χ0) is 13.5. The molecule has 0 aliphatic carbocycles. The summed E-state index contributed by atoms with van der Waals surface area (Å²) < 4.78 is 38.2. The van der Waals surface area contributed by atoms with Crippen molar-refractivity contribution in [1.29, 1.82) is 0 Å². The maximum Gasteiger partial charge on any atom is 0.416 e. The lowest BCUT2D eigenvalue weighted by atomic mass is 10.1. The van der Waals surface area contributed by atoms with Crippen molar-refractivity contribution >= 4 is 11.9 Å². The molecule has 0 amide bonds. The summed E-state index contributed by atoms with van der Waals surface area (Å²) in [6.07, 6.45) is 0.809. The topological polar surface area (TPSA) is 27.6 Å². The molecule has 0 saturated carbocycles. The van der Waals surface area contributed by atoms with Crippen molar-refractivity contribution in [3.05, 3.63) is 53.4 Å². The monoisotopic (exact) mass is 265 g/mol. The molecule has 3 rings (SSSR count). The van der Waals surface area contributed by atoms with E-state index in [1.807, 2.05) is 6.08 Å². The van der Waals surface area contributed by atoms with E-state index in [-0.39, 0.29) is 0 Å². The highest BCUT2D eigenvalue weighted by molar-refractivity contribution is 5.87. The smallest absolute Gasteiger partial charge is 0.259 e. The predicted octanol–water partition coefficient (Wildman–Crippen LogP) is 2.79. The first-order valence-electron chi connectivity index (χ1n) is 5.71. The Balaban J connectivity index is 2.01. The van der Waals surface area contributed by atoms with Crippen LogP contribution in [0.5, 0.6) is 0 Å². The lowest BCUT2D eigenvalue weighted by Gasteiger charge is -2.25. The fraction of sp³-hybridized carbons (Fsp3) is 0.154. The highest BCUT2D eigenvalue weighted by Gasteiger charge is 2.31. The van der Waals surface area contributed by atoms with Crippen molar-refractivity contribution < 1.29 is 13.2 Å². The maximum atomic E-state index is 12.7. The largest absolute Gasteiger partial charge is 0.416 e. The van der Waals surface area contributed by atoms with E-state index < -0.39 is 11.7 Å². The molecule has 98 valence electrons. The average molecular weight is 265 g/mol. The Morgan fingerprint density at radius 1 is 1.26 bits per heavy atom. The Labute approximate surface area is 107 Å². The van der Waals surface area contributed by atoms with Crippen LogP contribution in [0.1, 0.15) is 11.1 Å². The zero-order valence-corrected chi connectivity index (χ0v) is 9.78. The van der Waals surface area contributed by atoms with Gasteiger partial charge in [-0.2, -0.15) is 13.2 Å². The number of rotatable bonds is 1. The maximum absolute atomic E-state index is 12.7. The molecular formula is C13H10F3N3. The van der Waals surface area contributed by atoms with Crippen molar-refractivity contribution in [2.75, 3.05) is 6.54 Å². The molecule has 0 unspecified atom stereocenters. The SMILES string of the molecule is FC(F)(F)c1cccc(C2=CC=NC3=CCNN32)c1. The van der Waals surface area contributed by atoms with E-state index in [0.29, 0.717) is 23.6 Å². The van der Waals surface area contributed by atoms with E-state index in [0.717, 1.165) is 12.1 Å². The molecule has 0 bridgehead atoms. The van der Waals surface area contributed by atoms with Crippen molar-refractivity contribution in [3.63, 3.8) is 0 Å². The van der Waals surface area contributed by atoms with Gasteiger partial charge in [-0.3, -0.25) is 5.01 Å². The van der Waals surface area contributed by atoms with E-state index in [1.54, 1.807) is 23.4 Å². The van der Waals surface area contributed by atoms with Gasteiger partial charge in [0.1, 0.15) is 5.82 Å². The fourth-order valence-corrected chi connectivity index (χ4v) is 2.06. The van der Waals surface area contributed by atoms with Crippen LogP contribution in [0.3, 0.4) is 0 Å². The summed E-state index contributed by atoms with van der Waals surface area (Å²) in [6, 6.07) is 5.26. The number of nitrogens with one attached hydrogen (secondary N) is 1. The van der Waals surface area contributed by atoms with Gasteiger partial charge in [-0.25, -0.2) is 10.4 Å². The normalized spacial score (nSPS) is 18.2. The molecular weight excluding hydrogens is 255 g/mol. The van der Waals surface area contributed by atoms with Crippen LogP contribution in [0.4, 0.5) is 13.2 Å². The standard InChI is InChI=1S/C13H10F3N3/c14-13(15,16)10-3-1-2-9(8-10)11-4-6-17-12-5-7-18-19(11)12/h1-6,8,18H,7H2. The van der Waals surface area contributed by atoms with E-state index in [1.165, 1.54) is 6.07 Å². The number of benzene rings is 1. The summed E-state index contributed by atoms with van der Waals surface area (Å²) in [5.74, 6) is 0.704. The van der Waals surface area contributed by atoms with Crippen molar-refractivity contribution in [2.24, 2.45) is 4.99 Å². The minimum Gasteiger partial charge on any atom is -0.259 e. The molecule has 0 spiro atoms. The minimum atomic E-state index is -4.34. The Morgan fingerprint density at radius 2 is 2.11 bits per heavy atom. The molecule has 0 fully saturated rings. The van der Waals surface area contributed by atoms with Crippen molar-refractivity contribution in [2.45, 2.75) is 6.18 Å². The Bertz CT molecular complexity index is 599. The van der Waals surface area contributed by atoms with Crippen LogP contribution in [0.15, 0.2) is 47.2 Å². The quantitative estimate of drug-likeness (QED) is 0.845. The van der Waals surface area contributed by atoms with Gasteiger partial charge in [-0.1, -0.05) is 12.1 Å². The van der Waals surface area contributed by atoms with Crippen LogP contribution in [0.25, 0.3) is 5.70 Å². The molecule has 0 aromatic heterocycles. The Kier molecular flexibility index (Phi) is 2.67. The molecule has 6 heteroatoms. The molecule has 0 saturated heterocycles. The highest BCUT2D eigenvalue weighted by Crippen LogP contribution is 2.33. The molecule has 2 aliphatic heterocycles. The van der Waals surface area contributed by atoms with Gasteiger partial charge < -0.3 is 0 Å². The van der Waals surface area contributed by atoms with Gasteiger partial charge in [-0.05, 0) is 24.3 Å². The number of hydrogen-bond donors (Lipinski definition) is 1. The summed E-state index contributed by atoms with van der Waals surface area (Å²) in [5.41, 5.74) is 3.55. The summed E-state index contributed by atoms with van der Waals surface area (Å²) in [7, 11) is 0. The second-order valence-electron chi connectivity index (χ2n) is 4.17. The van der Waals surface area contributed by atoms with Gasteiger partial charge >= 0.3 is 6.18 Å². The molecule has 1 aromatic carbocycles. The molecule has 1 N–H and O–H groups in total. The Morgan fingerprint density at radius 3 is 2.89 bits per heavy atom. The van der Waals surface area contributed by atoms with Crippen LogP contribution in [0, 0.1) is 0 Å². The van der Waals surface area contributed by atoms with E-state index in [4.69, 9.17) is 0 Å². The number of aliphatic imine (C=N–C) groups is 1. The van der Waals surface area contributed by atoms with E-state index in [9.17, 15) is 13.2 Å². The summed E-state index contributed by atoms with van der Waals surface area (Å²) >= 11 is 0. The molecule has 2 heterocycles. The number of hydrazine groups is 1. The minimum absolute atomic E-state index is 0.501. The predicted molar refractivity (Wildman–Crippen MR) is 65.8 cm³/mol. The van der Waals surface area contributed by atoms with Gasteiger partial charge in [0.05, 0.1) is 11.3 Å². The second kappa shape index (κ2) is 4.24.